The van der Waals surface area contributed by atoms with Crippen molar-refractivity contribution in [3.63, 3.8) is 0 Å². The maximum Gasteiger partial charge on any atom is 0.306 e. The molecule has 2 atom stereocenters. The van der Waals surface area contributed by atoms with Gasteiger partial charge in [-0.25, -0.2) is 0 Å². The van der Waals surface area contributed by atoms with Gasteiger partial charge in [-0.3, -0.25) is 9.59 Å². The van der Waals surface area contributed by atoms with Crippen molar-refractivity contribution >= 4 is 17.9 Å². The Hall–Kier alpha value is -5.61. The van der Waals surface area contributed by atoms with E-state index in [-0.39, 0.29) is 32.7 Å². The number of rotatable bonds is 52. The number of hydrogen-bond donors (Lipinski definition) is 0. The summed E-state index contributed by atoms with van der Waals surface area (Å²) in [4.78, 5) is 37.3. The van der Waals surface area contributed by atoms with Gasteiger partial charge in [0.2, 0.25) is 0 Å². The van der Waals surface area contributed by atoms with Crippen LogP contribution in [-0.4, -0.2) is 82.3 Å². The number of allylic oxidation sites excluding steroid dienone is 30. The van der Waals surface area contributed by atoms with Crippen molar-refractivity contribution < 1.29 is 42.9 Å². The molecule has 0 saturated heterocycles. The van der Waals surface area contributed by atoms with Crippen LogP contribution in [0.25, 0.3) is 0 Å². The molecule has 9 heteroatoms. The zero-order valence-corrected chi connectivity index (χ0v) is 49.9. The van der Waals surface area contributed by atoms with E-state index in [4.69, 9.17) is 18.9 Å². The van der Waals surface area contributed by atoms with E-state index in [1.807, 2.05) is 21.1 Å². The number of carbonyl (C=O) groups excluding carboxylic acids is 3. The minimum atomic E-state index is -1.65. The van der Waals surface area contributed by atoms with E-state index in [1.165, 1.54) is 0 Å². The van der Waals surface area contributed by atoms with Crippen LogP contribution in [0.3, 0.4) is 0 Å². The maximum atomic E-state index is 12.9. The number of nitrogens with zero attached hydrogens (tertiary/aromatic N) is 1. The molecule has 0 aromatic carbocycles. The van der Waals surface area contributed by atoms with Crippen LogP contribution < -0.4 is 5.11 Å². The lowest BCUT2D eigenvalue weighted by molar-refractivity contribution is -0.870. The predicted molar refractivity (Wildman–Crippen MR) is 333 cm³/mol. The van der Waals surface area contributed by atoms with Gasteiger partial charge in [0.1, 0.15) is 13.2 Å². The molecular weight excluding hydrogens is 983 g/mol. The molecule has 0 aliphatic rings. The molecule has 0 rings (SSSR count). The molecule has 0 saturated carbocycles. The number of unbranched alkanes of at least 4 members (excludes halogenated alkanes) is 7. The molecule has 440 valence electrons. The van der Waals surface area contributed by atoms with Gasteiger partial charge in [-0.1, -0.05) is 215 Å². The van der Waals surface area contributed by atoms with Crippen LogP contribution in [0, 0.1) is 0 Å². The van der Waals surface area contributed by atoms with Crippen LogP contribution in [0.2, 0.25) is 0 Å². The Morgan fingerprint density at radius 1 is 0.380 bits per heavy atom. The van der Waals surface area contributed by atoms with Crippen LogP contribution >= 0.6 is 0 Å². The Morgan fingerprint density at radius 3 is 1.01 bits per heavy atom. The van der Waals surface area contributed by atoms with E-state index >= 15 is 0 Å². The Kier molecular flexibility index (Phi) is 54.4. The summed E-state index contributed by atoms with van der Waals surface area (Å²) < 4.78 is 22.6. The van der Waals surface area contributed by atoms with Gasteiger partial charge in [0.25, 0.3) is 0 Å². The molecule has 0 amide bonds. The molecule has 9 nitrogen and oxygen atoms in total. The number of carbonyl (C=O) groups is 3. The third-order valence-electron chi connectivity index (χ3n) is 11.6. The summed E-state index contributed by atoms with van der Waals surface area (Å²) in [5, 5.41) is 11.8. The summed E-state index contributed by atoms with van der Waals surface area (Å²) in [5.41, 5.74) is 0. The third kappa shape index (κ3) is 59.9. The van der Waals surface area contributed by atoms with Gasteiger partial charge in [-0.15, -0.1) is 0 Å². The topological polar surface area (TPSA) is 111 Å². The molecule has 0 fully saturated rings. The van der Waals surface area contributed by atoms with Crippen molar-refractivity contribution in [2.75, 3.05) is 47.5 Å². The number of aliphatic carboxylic acids is 1. The highest BCUT2D eigenvalue weighted by atomic mass is 16.7. The SMILES string of the molecule is CC/C=C\C/C=C\C/C=C\C/C=C\C/C=C\C/C=C\C/C=C\C/C=C\CCCCCCC(=O)OC(COC(=O)CCCCC/C=C\C/C=C\C/C=C\C/C=C\C/C=C\C/C=C\C/C=C\CC)COC(OCC[N+](C)(C)C)C(=O)[O-]. The number of carboxylic acid groups (broad SMARTS) is 1. The largest absolute Gasteiger partial charge is 0.545 e. The minimum Gasteiger partial charge on any atom is -0.545 e. The van der Waals surface area contributed by atoms with Crippen molar-refractivity contribution in [3.8, 4) is 0 Å². The van der Waals surface area contributed by atoms with Gasteiger partial charge < -0.3 is 33.3 Å². The van der Waals surface area contributed by atoms with Gasteiger partial charge in [0.05, 0.1) is 40.3 Å². The lowest BCUT2D eigenvalue weighted by Gasteiger charge is -2.26. The highest BCUT2D eigenvalue weighted by molar-refractivity contribution is 5.70. The molecule has 0 aromatic heterocycles. The lowest BCUT2D eigenvalue weighted by Crippen LogP contribution is -2.44. The maximum absolute atomic E-state index is 12.9. The number of esters is 2. The first kappa shape index (κ1) is 73.4. The van der Waals surface area contributed by atoms with E-state index in [0.717, 1.165) is 141 Å². The first-order valence-electron chi connectivity index (χ1n) is 29.9. The summed E-state index contributed by atoms with van der Waals surface area (Å²) in [6, 6.07) is 0. The Balaban J connectivity index is 4.43. The van der Waals surface area contributed by atoms with Crippen molar-refractivity contribution in [3.05, 3.63) is 182 Å². The van der Waals surface area contributed by atoms with E-state index in [1.54, 1.807) is 0 Å². The van der Waals surface area contributed by atoms with Crippen LogP contribution in [0.4, 0.5) is 0 Å². The van der Waals surface area contributed by atoms with Gasteiger partial charge in [0.15, 0.2) is 12.4 Å². The predicted octanol–water partition coefficient (Wildman–Crippen LogP) is 16.8. The summed E-state index contributed by atoms with van der Waals surface area (Å²) in [6.45, 7) is 4.41. The highest BCUT2D eigenvalue weighted by Crippen LogP contribution is 2.11. The van der Waals surface area contributed by atoms with Crippen molar-refractivity contribution in [1.29, 1.82) is 0 Å². The second-order valence-electron chi connectivity index (χ2n) is 20.2. The Morgan fingerprint density at radius 2 is 0.684 bits per heavy atom. The third-order valence-corrected chi connectivity index (χ3v) is 11.6. The molecule has 0 spiro atoms. The van der Waals surface area contributed by atoms with Gasteiger partial charge in [0, 0.05) is 12.8 Å². The van der Waals surface area contributed by atoms with Crippen LogP contribution in [0.5, 0.6) is 0 Å². The number of likely N-dealkylation sites (N-methyl/N-ethyl adjacent to an activating group) is 1. The van der Waals surface area contributed by atoms with Gasteiger partial charge in [-0.05, 0) is 135 Å². The normalized spacial score (nSPS) is 14.1. The monoisotopic (exact) mass is 1090 g/mol. The summed E-state index contributed by atoms with van der Waals surface area (Å²) >= 11 is 0. The van der Waals surface area contributed by atoms with Crippen molar-refractivity contribution in [1.82, 2.24) is 0 Å². The fourth-order valence-corrected chi connectivity index (χ4v) is 7.12. The molecule has 0 aromatic rings. The second kappa shape index (κ2) is 58.5. The molecule has 0 heterocycles. The van der Waals surface area contributed by atoms with E-state index < -0.39 is 30.3 Å². The highest BCUT2D eigenvalue weighted by Gasteiger charge is 2.22. The Bertz CT molecular complexity index is 1940. The number of quaternary nitrogens is 1. The van der Waals surface area contributed by atoms with E-state index in [9.17, 15) is 19.5 Å². The number of ether oxygens (including phenoxy) is 4. The average Bonchev–Trinajstić information content (AvgIpc) is 3.42. The fourth-order valence-electron chi connectivity index (χ4n) is 7.12. The first-order chi connectivity index (χ1) is 38.6. The summed E-state index contributed by atoms with van der Waals surface area (Å²) in [7, 11) is 5.88. The van der Waals surface area contributed by atoms with Crippen LogP contribution in [0.15, 0.2) is 182 Å². The number of carboxylic acids is 1. The van der Waals surface area contributed by atoms with E-state index in [2.05, 4.69) is 196 Å². The minimum absolute atomic E-state index is 0.124. The van der Waals surface area contributed by atoms with Crippen LogP contribution in [-0.2, 0) is 33.3 Å². The number of hydrogen-bond acceptors (Lipinski definition) is 8. The molecule has 0 aliphatic carbocycles. The molecule has 0 aliphatic heterocycles. The standard InChI is InChI=1S/C70H107NO8/c1-6-8-10-12-14-16-18-20-22-24-26-28-30-32-33-34-35-37-39-41-43-45-47-49-51-53-55-57-59-61-68(73)79-66(65-78-70(69(74)75)76-63-62-71(3,4)5)64-77-67(72)60-58-56-54-52-50-48-46-44-42-40-38-36-31-29-27-25-23-21-19-17-15-13-11-9-7-2/h8-11,14-17,20-23,26-29,32-33,35-38,41-44,47-50,66,70H,6-7,12-13,18-19,24-25,30-31,34,39-40,45-46,51-65H2,1-5H3/b10-8-,11-9-,16-14-,17-15-,22-20-,23-21-,28-26-,29-27-,33-32-,37-35-,38-36-,43-41-,44-42-,49-47-,50-48-. The first-order valence-corrected chi connectivity index (χ1v) is 29.9. The molecule has 79 heavy (non-hydrogen) atoms. The Labute approximate surface area is 481 Å². The second-order valence-corrected chi connectivity index (χ2v) is 20.2. The molecule has 2 unspecified atom stereocenters. The van der Waals surface area contributed by atoms with Gasteiger partial charge in [-0.2, -0.15) is 0 Å². The zero-order valence-electron chi connectivity index (χ0n) is 49.9. The molecule has 0 N–H and O–H groups in total. The zero-order chi connectivity index (χ0) is 57.6. The van der Waals surface area contributed by atoms with Crippen LogP contribution in [0.1, 0.15) is 181 Å². The quantitative estimate of drug-likeness (QED) is 0.0195. The lowest BCUT2D eigenvalue weighted by atomic mass is 10.1. The molecule has 0 radical (unpaired) electrons. The van der Waals surface area contributed by atoms with Crippen molar-refractivity contribution in [2.45, 2.75) is 193 Å². The molecule has 0 bridgehead atoms. The molecular formula is C70H107NO8. The smallest absolute Gasteiger partial charge is 0.306 e. The summed E-state index contributed by atoms with van der Waals surface area (Å²) in [6.07, 6.45) is 86.5. The van der Waals surface area contributed by atoms with E-state index in [0.29, 0.717) is 23.9 Å². The average molecular weight is 1090 g/mol. The van der Waals surface area contributed by atoms with Gasteiger partial charge >= 0.3 is 11.9 Å². The fraction of sp³-hybridized carbons (Fsp3) is 0.529. The summed E-state index contributed by atoms with van der Waals surface area (Å²) in [5.74, 6) is -2.39. The van der Waals surface area contributed by atoms with Crippen molar-refractivity contribution in [2.24, 2.45) is 0 Å².